The number of aryl methyl sites for hydroxylation is 1. The van der Waals surface area contributed by atoms with Crippen LogP contribution in [0.1, 0.15) is 30.8 Å². The van der Waals surface area contributed by atoms with Crippen molar-refractivity contribution >= 4 is 35.1 Å². The maximum absolute atomic E-state index is 12.3. The Morgan fingerprint density at radius 3 is 2.42 bits per heavy atom. The number of aliphatic carboxylic acids is 1. The Kier molecular flexibility index (Phi) is 6.31. The number of carboxylic acid groups (broad SMARTS) is 1. The van der Waals surface area contributed by atoms with Crippen molar-refractivity contribution < 1.29 is 14.7 Å². The summed E-state index contributed by atoms with van der Waals surface area (Å²) in [5.41, 5.74) is 2.96. The molecule has 26 heavy (non-hydrogen) atoms. The molecular formula is C18H21Cl2N3O3. The van der Waals surface area contributed by atoms with Crippen molar-refractivity contribution in [2.75, 3.05) is 0 Å². The summed E-state index contributed by atoms with van der Waals surface area (Å²) in [4.78, 5) is 23.6. The Morgan fingerprint density at radius 2 is 1.88 bits per heavy atom. The Labute approximate surface area is 162 Å². The molecule has 1 atom stereocenters. The van der Waals surface area contributed by atoms with Crippen LogP contribution in [-0.2, 0) is 16.0 Å². The van der Waals surface area contributed by atoms with Crippen molar-refractivity contribution in [3.05, 3.63) is 45.2 Å². The van der Waals surface area contributed by atoms with Gasteiger partial charge in [-0.2, -0.15) is 5.10 Å². The van der Waals surface area contributed by atoms with Crippen LogP contribution in [0.4, 0.5) is 0 Å². The highest BCUT2D eigenvalue weighted by Crippen LogP contribution is 2.26. The van der Waals surface area contributed by atoms with Gasteiger partial charge in [-0.05, 0) is 38.0 Å². The van der Waals surface area contributed by atoms with Crippen LogP contribution in [0.2, 0.25) is 10.0 Å². The summed E-state index contributed by atoms with van der Waals surface area (Å²) in [6.45, 7) is 7.15. The zero-order chi connectivity index (χ0) is 19.6. The minimum absolute atomic E-state index is 0.0511. The summed E-state index contributed by atoms with van der Waals surface area (Å²) in [7, 11) is 0. The van der Waals surface area contributed by atoms with Crippen LogP contribution in [0.15, 0.2) is 18.2 Å². The van der Waals surface area contributed by atoms with Gasteiger partial charge in [0.25, 0.3) is 0 Å². The maximum Gasteiger partial charge on any atom is 0.326 e. The summed E-state index contributed by atoms with van der Waals surface area (Å²) >= 11 is 12.0. The van der Waals surface area contributed by atoms with Gasteiger partial charge in [-0.15, -0.1) is 0 Å². The molecule has 1 aromatic heterocycles. The number of carboxylic acids is 1. The van der Waals surface area contributed by atoms with E-state index in [0.717, 1.165) is 16.9 Å². The van der Waals surface area contributed by atoms with E-state index in [4.69, 9.17) is 23.2 Å². The van der Waals surface area contributed by atoms with Gasteiger partial charge >= 0.3 is 5.97 Å². The van der Waals surface area contributed by atoms with E-state index in [1.807, 2.05) is 6.92 Å². The molecule has 2 rings (SSSR count). The van der Waals surface area contributed by atoms with Gasteiger partial charge in [0, 0.05) is 11.3 Å². The second-order valence-electron chi connectivity index (χ2n) is 6.46. The maximum atomic E-state index is 12.3. The highest BCUT2D eigenvalue weighted by molar-refractivity contribution is 6.42. The van der Waals surface area contributed by atoms with Gasteiger partial charge in [-0.25, -0.2) is 9.48 Å². The van der Waals surface area contributed by atoms with Crippen LogP contribution in [0.3, 0.4) is 0 Å². The van der Waals surface area contributed by atoms with Crippen LogP contribution >= 0.6 is 23.2 Å². The predicted octanol–water partition coefficient (Wildman–Crippen LogP) is 3.56. The lowest BCUT2D eigenvalue weighted by atomic mass is 10.0. The van der Waals surface area contributed by atoms with Gasteiger partial charge in [0.2, 0.25) is 5.91 Å². The molecule has 1 heterocycles. The standard InChI is InChI=1S/C18H21Cl2N3O3/c1-9(2)17(18(25)26)21-16(24)8-13-10(3)22-23(11(13)4)12-5-6-14(19)15(20)7-12/h5-7,9,17H,8H2,1-4H3,(H,21,24)(H,25,26). The third-order valence-corrected chi connectivity index (χ3v) is 4.91. The Bertz CT molecular complexity index is 846. The van der Waals surface area contributed by atoms with Crippen LogP contribution in [0, 0.1) is 19.8 Å². The minimum Gasteiger partial charge on any atom is -0.480 e. The number of hydrogen-bond donors (Lipinski definition) is 2. The molecule has 2 N–H and O–H groups in total. The molecule has 0 aliphatic heterocycles. The highest BCUT2D eigenvalue weighted by Gasteiger charge is 2.24. The zero-order valence-corrected chi connectivity index (χ0v) is 16.5. The number of nitrogens with zero attached hydrogens (tertiary/aromatic N) is 2. The van der Waals surface area contributed by atoms with E-state index in [1.54, 1.807) is 43.7 Å². The Balaban J connectivity index is 2.26. The first-order valence-electron chi connectivity index (χ1n) is 8.14. The normalized spacial score (nSPS) is 12.3. The van der Waals surface area contributed by atoms with Crippen molar-refractivity contribution in [1.82, 2.24) is 15.1 Å². The molecule has 0 aliphatic rings. The zero-order valence-electron chi connectivity index (χ0n) is 15.0. The average Bonchev–Trinajstić information content (AvgIpc) is 2.82. The molecule has 0 saturated carbocycles. The number of hydrogen-bond acceptors (Lipinski definition) is 3. The molecule has 2 aromatic rings. The lowest BCUT2D eigenvalue weighted by Crippen LogP contribution is -2.45. The topological polar surface area (TPSA) is 84.2 Å². The molecule has 1 aromatic carbocycles. The largest absolute Gasteiger partial charge is 0.480 e. The average molecular weight is 398 g/mol. The number of aromatic nitrogens is 2. The van der Waals surface area contributed by atoms with Gasteiger partial charge in [0.05, 0.1) is 27.8 Å². The third kappa shape index (κ3) is 4.37. The summed E-state index contributed by atoms with van der Waals surface area (Å²) in [5, 5.41) is 17.1. The van der Waals surface area contributed by atoms with E-state index in [9.17, 15) is 14.7 Å². The first kappa shape index (κ1) is 20.3. The van der Waals surface area contributed by atoms with Gasteiger partial charge in [-0.3, -0.25) is 4.79 Å². The fourth-order valence-corrected chi connectivity index (χ4v) is 2.99. The van der Waals surface area contributed by atoms with Crippen LogP contribution in [0.5, 0.6) is 0 Å². The summed E-state index contributed by atoms with van der Waals surface area (Å²) < 4.78 is 1.69. The first-order chi connectivity index (χ1) is 12.1. The van der Waals surface area contributed by atoms with E-state index in [1.165, 1.54) is 0 Å². The molecule has 0 fully saturated rings. The van der Waals surface area contributed by atoms with Gasteiger partial charge in [0.15, 0.2) is 0 Å². The number of amides is 1. The lowest BCUT2D eigenvalue weighted by Gasteiger charge is -2.17. The Hall–Kier alpha value is -2.05. The monoisotopic (exact) mass is 397 g/mol. The van der Waals surface area contributed by atoms with E-state index in [0.29, 0.717) is 15.7 Å². The van der Waals surface area contributed by atoms with Gasteiger partial charge in [-0.1, -0.05) is 37.0 Å². The minimum atomic E-state index is -1.05. The van der Waals surface area contributed by atoms with Crippen molar-refractivity contribution in [2.24, 2.45) is 5.92 Å². The van der Waals surface area contributed by atoms with E-state index < -0.39 is 12.0 Å². The molecule has 0 radical (unpaired) electrons. The highest BCUT2D eigenvalue weighted by atomic mass is 35.5. The second-order valence-corrected chi connectivity index (χ2v) is 7.28. The lowest BCUT2D eigenvalue weighted by molar-refractivity contribution is -0.143. The fourth-order valence-electron chi connectivity index (χ4n) is 2.70. The smallest absolute Gasteiger partial charge is 0.326 e. The fraction of sp³-hybridized carbons (Fsp3) is 0.389. The number of benzene rings is 1. The van der Waals surface area contributed by atoms with Crippen molar-refractivity contribution in [3.8, 4) is 5.69 Å². The molecular weight excluding hydrogens is 377 g/mol. The molecule has 0 spiro atoms. The molecule has 0 saturated heterocycles. The molecule has 8 heteroatoms. The number of rotatable bonds is 6. The van der Waals surface area contributed by atoms with E-state index in [-0.39, 0.29) is 18.2 Å². The summed E-state index contributed by atoms with van der Waals surface area (Å²) in [6.07, 6.45) is 0.0511. The third-order valence-electron chi connectivity index (χ3n) is 4.18. The van der Waals surface area contributed by atoms with Gasteiger partial charge < -0.3 is 10.4 Å². The van der Waals surface area contributed by atoms with E-state index in [2.05, 4.69) is 10.4 Å². The quantitative estimate of drug-likeness (QED) is 0.779. The molecule has 1 amide bonds. The molecule has 1 unspecified atom stereocenters. The molecule has 140 valence electrons. The van der Waals surface area contributed by atoms with Crippen LogP contribution in [-0.4, -0.2) is 32.8 Å². The molecule has 6 nitrogen and oxygen atoms in total. The van der Waals surface area contributed by atoms with E-state index >= 15 is 0 Å². The predicted molar refractivity (Wildman–Crippen MR) is 101 cm³/mol. The van der Waals surface area contributed by atoms with Crippen molar-refractivity contribution in [3.63, 3.8) is 0 Å². The first-order valence-corrected chi connectivity index (χ1v) is 8.90. The number of nitrogens with one attached hydrogen (secondary N) is 1. The number of carbonyl (C=O) groups excluding carboxylic acids is 1. The number of carbonyl (C=O) groups is 2. The van der Waals surface area contributed by atoms with Crippen LogP contribution < -0.4 is 5.32 Å². The SMILES string of the molecule is Cc1nn(-c2ccc(Cl)c(Cl)c2)c(C)c1CC(=O)NC(C(=O)O)C(C)C. The van der Waals surface area contributed by atoms with Crippen LogP contribution in [0.25, 0.3) is 5.69 Å². The summed E-state index contributed by atoms with van der Waals surface area (Å²) in [6, 6.07) is 4.25. The second kappa shape index (κ2) is 8.10. The molecule has 0 aliphatic carbocycles. The number of halogens is 2. The van der Waals surface area contributed by atoms with Crippen molar-refractivity contribution in [1.29, 1.82) is 0 Å². The Morgan fingerprint density at radius 1 is 1.23 bits per heavy atom. The molecule has 0 bridgehead atoms. The van der Waals surface area contributed by atoms with Crippen molar-refractivity contribution in [2.45, 2.75) is 40.2 Å². The van der Waals surface area contributed by atoms with Gasteiger partial charge in [0.1, 0.15) is 6.04 Å². The summed E-state index contributed by atoms with van der Waals surface area (Å²) in [5.74, 6) is -1.61.